The molecule has 0 radical (unpaired) electrons. The number of primary sulfonamides is 1. The summed E-state index contributed by atoms with van der Waals surface area (Å²) in [7, 11) is -3.64. The van der Waals surface area contributed by atoms with Crippen LogP contribution in [-0.4, -0.2) is 14.5 Å². The van der Waals surface area contributed by atoms with Crippen LogP contribution in [0.2, 0.25) is 0 Å². The summed E-state index contributed by atoms with van der Waals surface area (Å²) < 4.78 is 22.6. The van der Waals surface area contributed by atoms with Gasteiger partial charge in [0.15, 0.2) is 0 Å². The van der Waals surface area contributed by atoms with Crippen molar-refractivity contribution in [3.05, 3.63) is 23.8 Å². The molecule has 0 spiro atoms. The molecule has 1 rings (SSSR count). The Morgan fingerprint density at radius 1 is 1.28 bits per heavy atom. The maximum Gasteiger partial charge on any atom is 0.238 e. The van der Waals surface area contributed by atoms with Crippen molar-refractivity contribution in [3.63, 3.8) is 0 Å². The topological polar surface area (TPSA) is 72.2 Å². The zero-order valence-electron chi connectivity index (χ0n) is 11.4. The van der Waals surface area contributed by atoms with E-state index in [0.717, 1.165) is 17.7 Å². The zero-order valence-corrected chi connectivity index (χ0v) is 12.2. The Hall–Kier alpha value is -1.07. The number of anilines is 1. The van der Waals surface area contributed by atoms with Crippen molar-refractivity contribution in [2.24, 2.45) is 11.1 Å². The molecule has 0 saturated heterocycles. The van der Waals surface area contributed by atoms with Gasteiger partial charge in [0.05, 0.1) is 4.90 Å². The van der Waals surface area contributed by atoms with Crippen LogP contribution in [0, 0.1) is 12.8 Å². The second-order valence-electron chi connectivity index (χ2n) is 5.20. The van der Waals surface area contributed by atoms with Crippen LogP contribution in [0.5, 0.6) is 0 Å². The van der Waals surface area contributed by atoms with Crippen LogP contribution in [-0.2, 0) is 10.0 Å². The van der Waals surface area contributed by atoms with E-state index in [1.165, 1.54) is 6.07 Å². The average molecular weight is 270 g/mol. The molecule has 0 saturated carbocycles. The number of hydrogen-bond donors (Lipinski definition) is 2. The monoisotopic (exact) mass is 270 g/mol. The molecule has 4 nitrogen and oxygen atoms in total. The lowest BCUT2D eigenvalue weighted by Gasteiger charge is -2.19. The standard InChI is InChI=1S/C13H22N2O2S/c1-9(2)7-11(4)15-13-8-12(18(14,16)17)6-5-10(13)3/h5-6,8-9,11,15H,7H2,1-4H3,(H2,14,16,17). The van der Waals surface area contributed by atoms with E-state index in [0.29, 0.717) is 12.0 Å². The Kier molecular flexibility index (Phi) is 4.76. The van der Waals surface area contributed by atoms with Crippen LogP contribution in [0.4, 0.5) is 5.69 Å². The Bertz CT molecular complexity index is 510. The number of benzene rings is 1. The maximum absolute atomic E-state index is 11.3. The number of nitrogens with two attached hydrogens (primary N) is 1. The van der Waals surface area contributed by atoms with Gasteiger partial charge in [-0.2, -0.15) is 0 Å². The fraction of sp³-hybridized carbons (Fsp3) is 0.538. The van der Waals surface area contributed by atoms with E-state index in [2.05, 4.69) is 26.1 Å². The molecule has 0 fully saturated rings. The summed E-state index contributed by atoms with van der Waals surface area (Å²) >= 11 is 0. The lowest BCUT2D eigenvalue weighted by atomic mass is 10.0. The summed E-state index contributed by atoms with van der Waals surface area (Å²) in [4.78, 5) is 0.146. The van der Waals surface area contributed by atoms with Crippen molar-refractivity contribution in [1.29, 1.82) is 0 Å². The number of hydrogen-bond acceptors (Lipinski definition) is 3. The first-order valence-electron chi connectivity index (χ1n) is 6.10. The van der Waals surface area contributed by atoms with Crippen molar-refractivity contribution in [2.45, 2.75) is 45.1 Å². The number of sulfonamides is 1. The summed E-state index contributed by atoms with van der Waals surface area (Å²) in [6.45, 7) is 8.35. The second-order valence-corrected chi connectivity index (χ2v) is 6.76. The minimum atomic E-state index is -3.64. The highest BCUT2D eigenvalue weighted by Crippen LogP contribution is 2.21. The molecule has 1 aromatic carbocycles. The van der Waals surface area contributed by atoms with Gasteiger partial charge in [0.1, 0.15) is 0 Å². The van der Waals surface area contributed by atoms with Gasteiger partial charge >= 0.3 is 0 Å². The highest BCUT2D eigenvalue weighted by atomic mass is 32.2. The van der Waals surface area contributed by atoms with Gasteiger partial charge in [0.25, 0.3) is 0 Å². The van der Waals surface area contributed by atoms with E-state index in [1.807, 2.05) is 6.92 Å². The summed E-state index contributed by atoms with van der Waals surface area (Å²) in [6.07, 6.45) is 1.03. The van der Waals surface area contributed by atoms with Gasteiger partial charge in [-0.1, -0.05) is 19.9 Å². The highest BCUT2D eigenvalue weighted by molar-refractivity contribution is 7.89. The van der Waals surface area contributed by atoms with Crippen molar-refractivity contribution in [2.75, 3.05) is 5.32 Å². The van der Waals surface area contributed by atoms with Crippen LogP contribution in [0.1, 0.15) is 32.8 Å². The van der Waals surface area contributed by atoms with E-state index in [4.69, 9.17) is 5.14 Å². The van der Waals surface area contributed by atoms with Crippen molar-refractivity contribution in [1.82, 2.24) is 0 Å². The maximum atomic E-state index is 11.3. The van der Waals surface area contributed by atoms with Crippen LogP contribution in [0.3, 0.4) is 0 Å². The third-order valence-corrected chi connectivity index (χ3v) is 3.68. The van der Waals surface area contributed by atoms with Gasteiger partial charge in [0, 0.05) is 11.7 Å². The summed E-state index contributed by atoms with van der Waals surface area (Å²) in [6, 6.07) is 5.19. The Labute approximate surface area is 110 Å². The number of rotatable bonds is 5. The summed E-state index contributed by atoms with van der Waals surface area (Å²) in [5.41, 5.74) is 1.84. The van der Waals surface area contributed by atoms with Crippen molar-refractivity contribution in [3.8, 4) is 0 Å². The first kappa shape index (κ1) is 15.0. The van der Waals surface area contributed by atoms with Crippen molar-refractivity contribution < 1.29 is 8.42 Å². The molecular formula is C13H22N2O2S. The van der Waals surface area contributed by atoms with Gasteiger partial charge in [-0.3, -0.25) is 0 Å². The molecule has 102 valence electrons. The molecule has 0 aromatic heterocycles. The lowest BCUT2D eigenvalue weighted by Crippen LogP contribution is -2.19. The van der Waals surface area contributed by atoms with Gasteiger partial charge in [-0.25, -0.2) is 13.6 Å². The first-order valence-corrected chi connectivity index (χ1v) is 7.64. The van der Waals surface area contributed by atoms with E-state index in [1.54, 1.807) is 12.1 Å². The molecule has 18 heavy (non-hydrogen) atoms. The quantitative estimate of drug-likeness (QED) is 0.863. The predicted molar refractivity (Wildman–Crippen MR) is 75.1 cm³/mol. The molecule has 1 atom stereocenters. The average Bonchev–Trinajstić information content (AvgIpc) is 2.18. The lowest BCUT2D eigenvalue weighted by molar-refractivity contribution is 0.539. The third-order valence-electron chi connectivity index (χ3n) is 2.76. The molecule has 0 bridgehead atoms. The zero-order chi connectivity index (χ0) is 13.9. The molecule has 5 heteroatoms. The van der Waals surface area contributed by atoms with Crippen LogP contribution in [0.25, 0.3) is 0 Å². The van der Waals surface area contributed by atoms with Crippen molar-refractivity contribution >= 4 is 15.7 Å². The summed E-state index contributed by atoms with van der Waals surface area (Å²) in [5, 5.41) is 8.47. The largest absolute Gasteiger partial charge is 0.382 e. The SMILES string of the molecule is Cc1ccc(S(N)(=O)=O)cc1NC(C)CC(C)C. The molecule has 0 aliphatic heterocycles. The molecular weight excluding hydrogens is 248 g/mol. The van der Waals surface area contributed by atoms with E-state index < -0.39 is 10.0 Å². The van der Waals surface area contributed by atoms with E-state index in [9.17, 15) is 8.42 Å². The Balaban J connectivity index is 2.95. The van der Waals surface area contributed by atoms with E-state index in [-0.39, 0.29) is 4.90 Å². The number of aryl methyl sites for hydroxylation is 1. The van der Waals surface area contributed by atoms with Crippen LogP contribution >= 0.6 is 0 Å². The third kappa shape index (κ3) is 4.31. The Morgan fingerprint density at radius 3 is 2.39 bits per heavy atom. The van der Waals surface area contributed by atoms with E-state index >= 15 is 0 Å². The molecule has 3 N–H and O–H groups in total. The molecule has 1 aromatic rings. The Morgan fingerprint density at radius 2 is 1.89 bits per heavy atom. The number of nitrogens with one attached hydrogen (secondary N) is 1. The first-order chi connectivity index (χ1) is 8.20. The fourth-order valence-electron chi connectivity index (χ4n) is 1.97. The van der Waals surface area contributed by atoms with Gasteiger partial charge < -0.3 is 5.32 Å². The van der Waals surface area contributed by atoms with Gasteiger partial charge in [-0.05, 0) is 43.9 Å². The fourth-order valence-corrected chi connectivity index (χ4v) is 2.50. The van der Waals surface area contributed by atoms with Gasteiger partial charge in [-0.15, -0.1) is 0 Å². The second kappa shape index (κ2) is 5.71. The molecule has 0 heterocycles. The minimum Gasteiger partial charge on any atom is -0.382 e. The molecule has 0 aliphatic rings. The van der Waals surface area contributed by atoms with Crippen LogP contribution in [0.15, 0.2) is 23.1 Å². The minimum absolute atomic E-state index is 0.146. The summed E-state index contributed by atoms with van der Waals surface area (Å²) in [5.74, 6) is 0.592. The van der Waals surface area contributed by atoms with Gasteiger partial charge in [0.2, 0.25) is 10.0 Å². The normalized spacial score (nSPS) is 13.7. The molecule has 1 unspecified atom stereocenters. The predicted octanol–water partition coefficient (Wildman–Crippen LogP) is 2.49. The molecule has 0 aliphatic carbocycles. The highest BCUT2D eigenvalue weighted by Gasteiger charge is 2.12. The van der Waals surface area contributed by atoms with Crippen LogP contribution < -0.4 is 10.5 Å². The smallest absolute Gasteiger partial charge is 0.238 e. The molecule has 0 amide bonds.